The van der Waals surface area contributed by atoms with E-state index >= 15 is 0 Å². The fourth-order valence-electron chi connectivity index (χ4n) is 4.76. The molecule has 0 unspecified atom stereocenters. The molecule has 0 heterocycles. The topological polar surface area (TPSA) is 86.8 Å². The van der Waals surface area contributed by atoms with Crippen LogP contribution in [-0.2, 0) is 32.6 Å². The van der Waals surface area contributed by atoms with Gasteiger partial charge >= 0.3 is 0 Å². The minimum Gasteiger partial charge on any atom is -0.352 e. The van der Waals surface area contributed by atoms with Crippen LogP contribution in [0.2, 0.25) is 5.02 Å². The molecule has 0 aliphatic carbocycles. The number of carbonyl (C=O) groups excluding carboxylic acids is 2. The lowest BCUT2D eigenvalue weighted by Crippen LogP contribution is -2.54. The summed E-state index contributed by atoms with van der Waals surface area (Å²) in [6.45, 7) is 5.36. The molecule has 4 rings (SSSR count). The normalized spacial score (nSPS) is 12.6. The van der Waals surface area contributed by atoms with Crippen molar-refractivity contribution in [2.45, 2.75) is 57.1 Å². The summed E-state index contributed by atoms with van der Waals surface area (Å²) in [7, 11) is -4.20. The van der Waals surface area contributed by atoms with Gasteiger partial charge in [-0.05, 0) is 79.9 Å². The van der Waals surface area contributed by atoms with Crippen LogP contribution in [0.25, 0.3) is 0 Å². The zero-order chi connectivity index (χ0) is 32.6. The summed E-state index contributed by atoms with van der Waals surface area (Å²) in [6.07, 6.45) is 0.963. The molecule has 0 aromatic heterocycles. The van der Waals surface area contributed by atoms with Gasteiger partial charge in [0.05, 0.1) is 10.6 Å². The van der Waals surface area contributed by atoms with E-state index in [2.05, 4.69) is 21.2 Å². The minimum atomic E-state index is -4.20. The summed E-state index contributed by atoms with van der Waals surface area (Å²) in [5.41, 5.74) is 2.94. The predicted octanol–water partition coefficient (Wildman–Crippen LogP) is 7.16. The Labute approximate surface area is 279 Å². The largest absolute Gasteiger partial charge is 0.352 e. The van der Waals surface area contributed by atoms with E-state index in [1.807, 2.05) is 75.4 Å². The molecule has 4 aromatic rings. The molecular weight excluding hydrogens is 674 g/mol. The third-order valence-corrected chi connectivity index (χ3v) is 10.1. The predicted molar refractivity (Wildman–Crippen MR) is 184 cm³/mol. The van der Waals surface area contributed by atoms with Gasteiger partial charge in [-0.1, -0.05) is 94.6 Å². The SMILES string of the molecule is CC[C@@H](C)NC(=O)[C@@H](Cc1ccccc1)N(Cc1ccc(Br)cc1)C(=O)CN(c1ccc(C)cc1)S(=O)(=O)c1ccc(Cl)cc1. The second-order valence-electron chi connectivity index (χ2n) is 11.0. The highest BCUT2D eigenvalue weighted by atomic mass is 79.9. The van der Waals surface area contributed by atoms with E-state index in [9.17, 15) is 18.0 Å². The van der Waals surface area contributed by atoms with Crippen LogP contribution in [0.3, 0.4) is 0 Å². The summed E-state index contributed by atoms with van der Waals surface area (Å²) in [5.74, 6) is -0.822. The van der Waals surface area contributed by atoms with E-state index in [4.69, 9.17) is 11.6 Å². The first kappa shape index (κ1) is 34.2. The summed E-state index contributed by atoms with van der Waals surface area (Å²) in [6, 6.07) is 28.7. The number of sulfonamides is 1. The van der Waals surface area contributed by atoms with Gasteiger partial charge in [0.15, 0.2) is 0 Å². The molecule has 0 bridgehead atoms. The maximum atomic E-state index is 14.5. The highest BCUT2D eigenvalue weighted by molar-refractivity contribution is 9.10. The van der Waals surface area contributed by atoms with Crippen LogP contribution >= 0.6 is 27.5 Å². The van der Waals surface area contributed by atoms with Crippen LogP contribution in [0.4, 0.5) is 5.69 Å². The Morgan fingerprint density at radius 3 is 2.09 bits per heavy atom. The van der Waals surface area contributed by atoms with Gasteiger partial charge in [0, 0.05) is 28.5 Å². The molecule has 0 spiro atoms. The molecule has 0 saturated heterocycles. The Balaban J connectivity index is 1.80. The fraction of sp³-hybridized carbons (Fsp3) is 0.257. The maximum absolute atomic E-state index is 14.5. The minimum absolute atomic E-state index is 0.00455. The van der Waals surface area contributed by atoms with Crippen LogP contribution in [0.1, 0.15) is 37.0 Å². The van der Waals surface area contributed by atoms with Gasteiger partial charge in [0.25, 0.3) is 10.0 Å². The van der Waals surface area contributed by atoms with Gasteiger partial charge in [-0.2, -0.15) is 0 Å². The van der Waals surface area contributed by atoms with Crippen molar-refractivity contribution in [2.75, 3.05) is 10.8 Å². The number of nitrogens with zero attached hydrogens (tertiary/aromatic N) is 2. The summed E-state index contributed by atoms with van der Waals surface area (Å²) in [5, 5.41) is 3.44. The first-order valence-corrected chi connectivity index (χ1v) is 17.3. The molecule has 0 aliphatic heterocycles. The van der Waals surface area contributed by atoms with Gasteiger partial charge < -0.3 is 10.2 Å². The number of hydrogen-bond donors (Lipinski definition) is 1. The lowest BCUT2D eigenvalue weighted by atomic mass is 10.0. The van der Waals surface area contributed by atoms with E-state index in [1.54, 1.807) is 24.3 Å². The van der Waals surface area contributed by atoms with Crippen molar-refractivity contribution in [1.29, 1.82) is 0 Å². The highest BCUT2D eigenvalue weighted by Gasteiger charge is 2.35. The van der Waals surface area contributed by atoms with E-state index < -0.39 is 28.5 Å². The van der Waals surface area contributed by atoms with Gasteiger partial charge in [0.2, 0.25) is 11.8 Å². The van der Waals surface area contributed by atoms with Crippen LogP contribution in [0.15, 0.2) is 112 Å². The first-order chi connectivity index (χ1) is 21.5. The molecule has 4 aromatic carbocycles. The number of nitrogens with one attached hydrogen (secondary N) is 1. The summed E-state index contributed by atoms with van der Waals surface area (Å²) in [4.78, 5) is 29.9. The van der Waals surface area contributed by atoms with Crippen molar-refractivity contribution >= 4 is 55.1 Å². The quantitative estimate of drug-likeness (QED) is 0.160. The standard InChI is InChI=1S/C35H37BrClN3O4S/c1-4-26(3)38-35(42)33(22-27-8-6-5-7-9-27)39(23-28-12-14-29(36)15-13-28)34(41)24-40(31-18-10-25(2)11-19-31)45(43,44)32-20-16-30(37)17-21-32/h5-21,26,33H,4,22-24H2,1-3H3,(H,38,42)/t26-,33-/m1/s1. The van der Waals surface area contributed by atoms with E-state index in [0.29, 0.717) is 17.1 Å². The molecule has 0 saturated carbocycles. The van der Waals surface area contributed by atoms with Crippen LogP contribution in [0, 0.1) is 6.92 Å². The Morgan fingerprint density at radius 1 is 0.867 bits per heavy atom. The third-order valence-electron chi connectivity index (χ3n) is 7.54. The number of rotatable bonds is 13. The molecule has 2 amide bonds. The lowest BCUT2D eigenvalue weighted by molar-refractivity contribution is -0.140. The number of amides is 2. The monoisotopic (exact) mass is 709 g/mol. The second kappa shape index (κ2) is 15.6. The van der Waals surface area contributed by atoms with Crippen LogP contribution < -0.4 is 9.62 Å². The Hall–Kier alpha value is -3.66. The van der Waals surface area contributed by atoms with E-state index in [-0.39, 0.29) is 29.8 Å². The average Bonchev–Trinajstić information content (AvgIpc) is 3.03. The molecule has 2 atom stereocenters. The van der Waals surface area contributed by atoms with Gasteiger partial charge in [-0.3, -0.25) is 13.9 Å². The summed E-state index contributed by atoms with van der Waals surface area (Å²) >= 11 is 9.51. The Bertz CT molecular complexity index is 1680. The molecule has 0 aliphatic rings. The number of hydrogen-bond acceptors (Lipinski definition) is 4. The van der Waals surface area contributed by atoms with E-state index in [1.165, 1.54) is 29.2 Å². The number of carbonyl (C=O) groups is 2. The fourth-order valence-corrected chi connectivity index (χ4v) is 6.56. The van der Waals surface area contributed by atoms with Crippen molar-refractivity contribution < 1.29 is 18.0 Å². The van der Waals surface area contributed by atoms with E-state index in [0.717, 1.165) is 25.5 Å². The molecule has 0 fully saturated rings. The molecular formula is C35H37BrClN3O4S. The average molecular weight is 711 g/mol. The summed E-state index contributed by atoms with van der Waals surface area (Å²) < 4.78 is 30.1. The highest BCUT2D eigenvalue weighted by Crippen LogP contribution is 2.26. The first-order valence-electron chi connectivity index (χ1n) is 14.7. The Kier molecular flexibility index (Phi) is 11.8. The zero-order valence-corrected chi connectivity index (χ0v) is 28.6. The molecule has 7 nitrogen and oxygen atoms in total. The number of aryl methyl sites for hydroxylation is 1. The number of benzene rings is 4. The molecule has 10 heteroatoms. The van der Waals surface area contributed by atoms with Crippen molar-refractivity contribution in [3.05, 3.63) is 129 Å². The maximum Gasteiger partial charge on any atom is 0.264 e. The molecule has 236 valence electrons. The van der Waals surface area contributed by atoms with Gasteiger partial charge in [-0.15, -0.1) is 0 Å². The number of anilines is 1. The zero-order valence-electron chi connectivity index (χ0n) is 25.5. The van der Waals surface area contributed by atoms with Crippen molar-refractivity contribution in [3.8, 4) is 0 Å². The van der Waals surface area contributed by atoms with Crippen LogP contribution in [0.5, 0.6) is 0 Å². The van der Waals surface area contributed by atoms with Crippen molar-refractivity contribution in [3.63, 3.8) is 0 Å². The third kappa shape index (κ3) is 9.19. The Morgan fingerprint density at radius 2 is 1.49 bits per heavy atom. The lowest BCUT2D eigenvalue weighted by Gasteiger charge is -2.34. The second-order valence-corrected chi connectivity index (χ2v) is 14.2. The number of halogens is 2. The van der Waals surface area contributed by atoms with Crippen molar-refractivity contribution in [2.24, 2.45) is 0 Å². The van der Waals surface area contributed by atoms with Gasteiger partial charge in [0.1, 0.15) is 12.6 Å². The molecule has 1 N–H and O–H groups in total. The molecule has 0 radical (unpaired) electrons. The van der Waals surface area contributed by atoms with Gasteiger partial charge in [-0.25, -0.2) is 8.42 Å². The smallest absolute Gasteiger partial charge is 0.264 e. The van der Waals surface area contributed by atoms with Crippen LogP contribution in [-0.4, -0.2) is 43.8 Å². The van der Waals surface area contributed by atoms with Crippen molar-refractivity contribution in [1.82, 2.24) is 10.2 Å². The molecule has 45 heavy (non-hydrogen) atoms.